The molecule has 2 aliphatic heterocycles. The van der Waals surface area contributed by atoms with E-state index in [0.717, 1.165) is 29.1 Å². The van der Waals surface area contributed by atoms with Crippen LogP contribution in [0.2, 0.25) is 0 Å². The maximum atomic E-state index is 12.4. The van der Waals surface area contributed by atoms with Crippen LogP contribution in [0.15, 0.2) is 29.1 Å². The molecule has 0 saturated carbocycles. The minimum Gasteiger partial charge on any atom is -0.348 e. The molecule has 3 unspecified atom stereocenters. The number of imidazole rings is 1. The van der Waals surface area contributed by atoms with Crippen LogP contribution in [0.25, 0.3) is 5.65 Å². The Morgan fingerprint density at radius 3 is 3.19 bits per heavy atom. The van der Waals surface area contributed by atoms with Crippen LogP contribution < -0.4 is 5.32 Å². The minimum absolute atomic E-state index is 0.00382. The number of rotatable bonds is 2. The zero-order valence-corrected chi connectivity index (χ0v) is 13.2. The van der Waals surface area contributed by atoms with E-state index in [-0.39, 0.29) is 11.9 Å². The second-order valence-corrected chi connectivity index (χ2v) is 6.88. The number of amides is 1. The third kappa shape index (κ3) is 2.58. The lowest BCUT2D eigenvalue weighted by Gasteiger charge is -2.30. The maximum absolute atomic E-state index is 12.4. The maximum Gasteiger partial charge on any atom is 0.251 e. The van der Waals surface area contributed by atoms with Crippen molar-refractivity contribution < 1.29 is 4.79 Å². The van der Waals surface area contributed by atoms with Gasteiger partial charge in [0.15, 0.2) is 0 Å². The van der Waals surface area contributed by atoms with Crippen molar-refractivity contribution in [1.29, 1.82) is 0 Å². The molecule has 2 aromatic heterocycles. The first-order chi connectivity index (χ1) is 10.2. The number of halogens is 1. The van der Waals surface area contributed by atoms with Crippen LogP contribution in [0.4, 0.5) is 0 Å². The summed E-state index contributed by atoms with van der Waals surface area (Å²) in [7, 11) is 0. The number of fused-ring (bicyclic) bond motifs is 3. The molecule has 3 atom stereocenters. The van der Waals surface area contributed by atoms with Crippen LogP contribution in [-0.4, -0.2) is 45.9 Å². The highest BCUT2D eigenvalue weighted by Gasteiger charge is 2.32. The van der Waals surface area contributed by atoms with Gasteiger partial charge in [-0.1, -0.05) is 0 Å². The van der Waals surface area contributed by atoms with Crippen LogP contribution in [0, 0.1) is 5.92 Å². The number of nitrogens with zero attached hydrogens (tertiary/aromatic N) is 3. The number of piperidine rings is 1. The molecule has 1 amide bonds. The zero-order chi connectivity index (χ0) is 14.4. The van der Waals surface area contributed by atoms with E-state index in [9.17, 15) is 4.79 Å². The summed E-state index contributed by atoms with van der Waals surface area (Å²) in [4.78, 5) is 19.2. The van der Waals surface area contributed by atoms with Crippen molar-refractivity contribution in [3.05, 3.63) is 34.7 Å². The highest BCUT2D eigenvalue weighted by molar-refractivity contribution is 9.10. The topological polar surface area (TPSA) is 49.6 Å². The van der Waals surface area contributed by atoms with Gasteiger partial charge in [-0.2, -0.15) is 0 Å². The van der Waals surface area contributed by atoms with Gasteiger partial charge in [0.1, 0.15) is 10.3 Å². The molecule has 2 aromatic rings. The molecule has 4 rings (SSSR count). The molecule has 0 spiro atoms. The Morgan fingerprint density at radius 2 is 2.33 bits per heavy atom. The van der Waals surface area contributed by atoms with Gasteiger partial charge in [0, 0.05) is 37.1 Å². The Morgan fingerprint density at radius 1 is 1.43 bits per heavy atom. The van der Waals surface area contributed by atoms with Gasteiger partial charge in [-0.15, -0.1) is 0 Å². The minimum atomic E-state index is 0.00382. The standard InChI is InChI=1S/C15H17BrN4O/c16-13-9-20-4-2-11(6-14(20)18-13)15(21)17-12-5-10-1-3-19(7-10)8-12/h2,4,6,9-10,12H,1,3,5,7-8H2,(H,17,21). The van der Waals surface area contributed by atoms with Crippen LogP contribution in [-0.2, 0) is 0 Å². The van der Waals surface area contributed by atoms with E-state index in [1.807, 2.05) is 28.9 Å². The van der Waals surface area contributed by atoms with Gasteiger partial charge < -0.3 is 14.6 Å². The molecule has 0 radical (unpaired) electrons. The molecule has 4 heterocycles. The molecular formula is C15H17BrN4O. The summed E-state index contributed by atoms with van der Waals surface area (Å²) in [5.74, 6) is 0.763. The Hall–Kier alpha value is -1.40. The molecule has 2 bridgehead atoms. The summed E-state index contributed by atoms with van der Waals surface area (Å²) in [6.45, 7) is 3.38. The first kappa shape index (κ1) is 13.3. The van der Waals surface area contributed by atoms with Crippen LogP contribution in [0.3, 0.4) is 0 Å². The molecule has 2 aliphatic rings. The first-order valence-electron chi connectivity index (χ1n) is 7.35. The number of carbonyl (C=O) groups excluding carboxylic acids is 1. The van der Waals surface area contributed by atoms with Crippen molar-refractivity contribution in [2.45, 2.75) is 18.9 Å². The smallest absolute Gasteiger partial charge is 0.251 e. The molecule has 5 nitrogen and oxygen atoms in total. The van der Waals surface area contributed by atoms with Crippen LogP contribution in [0.5, 0.6) is 0 Å². The van der Waals surface area contributed by atoms with Gasteiger partial charge in [-0.3, -0.25) is 4.79 Å². The number of hydrogen-bond acceptors (Lipinski definition) is 3. The van der Waals surface area contributed by atoms with Crippen molar-refractivity contribution in [3.8, 4) is 0 Å². The summed E-state index contributed by atoms with van der Waals surface area (Å²) in [5, 5.41) is 3.18. The quantitative estimate of drug-likeness (QED) is 0.901. The largest absolute Gasteiger partial charge is 0.348 e. The molecule has 0 aromatic carbocycles. The molecule has 6 heteroatoms. The molecule has 21 heavy (non-hydrogen) atoms. The number of pyridine rings is 1. The first-order valence-corrected chi connectivity index (χ1v) is 8.14. The Balaban J connectivity index is 1.50. The van der Waals surface area contributed by atoms with Gasteiger partial charge in [0.05, 0.1) is 0 Å². The van der Waals surface area contributed by atoms with E-state index in [4.69, 9.17) is 0 Å². The van der Waals surface area contributed by atoms with Gasteiger partial charge in [-0.25, -0.2) is 4.98 Å². The van der Waals surface area contributed by atoms with Crippen LogP contribution in [0.1, 0.15) is 23.2 Å². The van der Waals surface area contributed by atoms with Crippen molar-refractivity contribution in [2.24, 2.45) is 5.92 Å². The van der Waals surface area contributed by atoms with Gasteiger partial charge in [-0.05, 0) is 53.4 Å². The molecule has 2 saturated heterocycles. The van der Waals surface area contributed by atoms with Crippen molar-refractivity contribution >= 4 is 27.5 Å². The lowest BCUT2D eigenvalue weighted by atomic mass is 9.96. The zero-order valence-electron chi connectivity index (χ0n) is 11.6. The number of hydrogen-bond donors (Lipinski definition) is 1. The van der Waals surface area contributed by atoms with E-state index in [2.05, 4.69) is 31.1 Å². The average Bonchev–Trinajstić information content (AvgIpc) is 2.99. The van der Waals surface area contributed by atoms with Crippen molar-refractivity contribution in [3.63, 3.8) is 0 Å². The molecule has 110 valence electrons. The highest BCUT2D eigenvalue weighted by atomic mass is 79.9. The van der Waals surface area contributed by atoms with Crippen molar-refractivity contribution in [2.75, 3.05) is 19.6 Å². The lowest BCUT2D eigenvalue weighted by molar-refractivity contribution is 0.0909. The van der Waals surface area contributed by atoms with E-state index in [1.165, 1.54) is 19.5 Å². The highest BCUT2D eigenvalue weighted by Crippen LogP contribution is 2.26. The van der Waals surface area contributed by atoms with Crippen molar-refractivity contribution in [1.82, 2.24) is 19.6 Å². The van der Waals surface area contributed by atoms with E-state index in [1.54, 1.807) is 0 Å². The second-order valence-electron chi connectivity index (χ2n) is 6.06. The predicted octanol–water partition coefficient (Wildman–Crippen LogP) is 1.92. The number of aromatic nitrogens is 2. The fraction of sp³-hybridized carbons (Fsp3) is 0.467. The predicted molar refractivity (Wildman–Crippen MR) is 83.3 cm³/mol. The fourth-order valence-corrected chi connectivity index (χ4v) is 3.93. The number of carbonyl (C=O) groups is 1. The third-order valence-corrected chi connectivity index (χ3v) is 4.88. The second kappa shape index (κ2) is 5.10. The summed E-state index contributed by atoms with van der Waals surface area (Å²) >= 11 is 3.35. The number of nitrogens with one attached hydrogen (secondary N) is 1. The van der Waals surface area contributed by atoms with Crippen LogP contribution >= 0.6 is 15.9 Å². The summed E-state index contributed by atoms with van der Waals surface area (Å²) in [6.07, 6.45) is 6.14. The van der Waals surface area contributed by atoms with Gasteiger partial charge in [0.2, 0.25) is 0 Å². The summed E-state index contributed by atoms with van der Waals surface area (Å²) in [6, 6.07) is 3.95. The van der Waals surface area contributed by atoms with E-state index < -0.39 is 0 Å². The molecular weight excluding hydrogens is 332 g/mol. The third-order valence-electron chi connectivity index (χ3n) is 4.49. The van der Waals surface area contributed by atoms with Gasteiger partial charge in [0.25, 0.3) is 5.91 Å². The average molecular weight is 349 g/mol. The van der Waals surface area contributed by atoms with Gasteiger partial charge >= 0.3 is 0 Å². The van der Waals surface area contributed by atoms with E-state index >= 15 is 0 Å². The molecule has 0 aliphatic carbocycles. The SMILES string of the molecule is O=C(NC1CC2CCN(C2)C1)c1ccn2cc(Br)nc2c1. The fourth-order valence-electron chi connectivity index (χ4n) is 3.53. The lowest BCUT2D eigenvalue weighted by Crippen LogP contribution is -2.47. The Labute approximate surface area is 131 Å². The van der Waals surface area contributed by atoms with E-state index in [0.29, 0.717) is 5.56 Å². The monoisotopic (exact) mass is 348 g/mol. The Kier molecular flexibility index (Phi) is 3.23. The normalized spacial score (nSPS) is 28.0. The molecule has 2 fully saturated rings. The summed E-state index contributed by atoms with van der Waals surface area (Å²) in [5.41, 5.74) is 1.45. The summed E-state index contributed by atoms with van der Waals surface area (Å²) < 4.78 is 2.67. The molecule has 1 N–H and O–H groups in total. The Bertz CT molecular complexity index is 686.